The third-order valence-electron chi connectivity index (χ3n) is 5.01. The monoisotopic (exact) mass is 349 g/mol. The lowest BCUT2D eigenvalue weighted by Gasteiger charge is -2.34. The molecule has 0 unspecified atom stereocenters. The summed E-state index contributed by atoms with van der Waals surface area (Å²) in [4.78, 5) is 24.4. The van der Waals surface area contributed by atoms with Gasteiger partial charge in [0, 0.05) is 6.04 Å². The van der Waals surface area contributed by atoms with Crippen molar-refractivity contribution in [3.05, 3.63) is 23.8 Å². The molecular formula is C19H27NO5. The van der Waals surface area contributed by atoms with E-state index in [1.807, 2.05) is 0 Å². The molecule has 0 heterocycles. The van der Waals surface area contributed by atoms with Crippen LogP contribution in [-0.2, 0) is 9.53 Å². The SMILES string of the molecule is COc1cccc(C(=O)OCC(=O)N[C@H]2CCC[C@@H](C)[C@H]2C)c1OC. The second-order valence-corrected chi connectivity index (χ2v) is 6.56. The van der Waals surface area contributed by atoms with Gasteiger partial charge in [-0.15, -0.1) is 0 Å². The Bertz CT molecular complexity index is 616. The van der Waals surface area contributed by atoms with Crippen LogP contribution in [0.1, 0.15) is 43.5 Å². The highest BCUT2D eigenvalue weighted by Crippen LogP contribution is 2.31. The molecule has 0 radical (unpaired) electrons. The van der Waals surface area contributed by atoms with Gasteiger partial charge < -0.3 is 19.5 Å². The topological polar surface area (TPSA) is 73.9 Å². The van der Waals surface area contributed by atoms with E-state index in [2.05, 4.69) is 19.2 Å². The molecule has 1 aromatic rings. The molecule has 3 atom stereocenters. The molecule has 1 aromatic carbocycles. The summed E-state index contributed by atoms with van der Waals surface area (Å²) >= 11 is 0. The predicted octanol–water partition coefficient (Wildman–Crippen LogP) is 2.80. The predicted molar refractivity (Wildman–Crippen MR) is 93.9 cm³/mol. The van der Waals surface area contributed by atoms with Gasteiger partial charge in [0.15, 0.2) is 18.1 Å². The van der Waals surface area contributed by atoms with Crippen LogP contribution < -0.4 is 14.8 Å². The Labute approximate surface area is 148 Å². The van der Waals surface area contributed by atoms with Crippen LogP contribution in [0.25, 0.3) is 0 Å². The lowest BCUT2D eigenvalue weighted by atomic mass is 9.78. The van der Waals surface area contributed by atoms with Crippen molar-refractivity contribution in [1.29, 1.82) is 0 Å². The van der Waals surface area contributed by atoms with E-state index in [4.69, 9.17) is 14.2 Å². The van der Waals surface area contributed by atoms with Crippen molar-refractivity contribution in [2.45, 2.75) is 39.2 Å². The van der Waals surface area contributed by atoms with Crippen molar-refractivity contribution < 1.29 is 23.8 Å². The lowest BCUT2D eigenvalue weighted by Crippen LogP contribution is -2.45. The Kier molecular flexibility index (Phi) is 6.67. The van der Waals surface area contributed by atoms with Crippen LogP contribution in [0, 0.1) is 11.8 Å². The number of carbonyl (C=O) groups is 2. The van der Waals surface area contributed by atoms with Gasteiger partial charge in [0.05, 0.1) is 14.2 Å². The Morgan fingerprint density at radius 1 is 1.16 bits per heavy atom. The number of para-hydroxylation sites is 1. The summed E-state index contributed by atoms with van der Waals surface area (Å²) in [5.74, 6) is 0.850. The molecule has 0 aliphatic heterocycles. The molecule has 0 spiro atoms. The molecule has 0 bridgehead atoms. The van der Waals surface area contributed by atoms with Gasteiger partial charge in [0.25, 0.3) is 5.91 Å². The molecule has 25 heavy (non-hydrogen) atoms. The van der Waals surface area contributed by atoms with Crippen LogP contribution in [0.15, 0.2) is 18.2 Å². The van der Waals surface area contributed by atoms with E-state index < -0.39 is 5.97 Å². The van der Waals surface area contributed by atoms with Crippen molar-refractivity contribution in [3.63, 3.8) is 0 Å². The molecule has 1 fully saturated rings. The number of esters is 1. The first kappa shape index (κ1) is 19.1. The minimum Gasteiger partial charge on any atom is -0.493 e. The fourth-order valence-corrected chi connectivity index (χ4v) is 3.29. The lowest BCUT2D eigenvalue weighted by molar-refractivity contribution is -0.125. The number of hydrogen-bond acceptors (Lipinski definition) is 5. The number of nitrogens with one attached hydrogen (secondary N) is 1. The molecule has 1 aliphatic carbocycles. The molecule has 2 rings (SSSR count). The van der Waals surface area contributed by atoms with Crippen LogP contribution in [0.3, 0.4) is 0 Å². The van der Waals surface area contributed by atoms with E-state index in [1.54, 1.807) is 18.2 Å². The number of ether oxygens (including phenoxy) is 3. The fourth-order valence-electron chi connectivity index (χ4n) is 3.29. The number of benzene rings is 1. The van der Waals surface area contributed by atoms with E-state index in [0.717, 1.165) is 12.8 Å². The van der Waals surface area contributed by atoms with E-state index in [1.165, 1.54) is 20.6 Å². The molecule has 1 amide bonds. The molecule has 6 nitrogen and oxygen atoms in total. The Balaban J connectivity index is 1.92. The molecule has 1 aliphatic rings. The number of carbonyl (C=O) groups excluding carboxylic acids is 2. The average molecular weight is 349 g/mol. The van der Waals surface area contributed by atoms with Gasteiger partial charge in [0.2, 0.25) is 0 Å². The van der Waals surface area contributed by atoms with Crippen LogP contribution in [0.4, 0.5) is 0 Å². The summed E-state index contributed by atoms with van der Waals surface area (Å²) in [5.41, 5.74) is 0.231. The first-order valence-electron chi connectivity index (χ1n) is 8.65. The van der Waals surface area contributed by atoms with Crippen molar-refractivity contribution in [2.24, 2.45) is 11.8 Å². The number of hydrogen-bond donors (Lipinski definition) is 1. The van der Waals surface area contributed by atoms with Gasteiger partial charge in [-0.1, -0.05) is 32.8 Å². The third-order valence-corrected chi connectivity index (χ3v) is 5.01. The van der Waals surface area contributed by atoms with Crippen LogP contribution in [-0.4, -0.2) is 38.7 Å². The molecule has 1 saturated carbocycles. The highest BCUT2D eigenvalue weighted by atomic mass is 16.5. The van der Waals surface area contributed by atoms with Crippen LogP contribution >= 0.6 is 0 Å². The fraction of sp³-hybridized carbons (Fsp3) is 0.579. The number of rotatable bonds is 6. The van der Waals surface area contributed by atoms with Crippen molar-refractivity contribution in [1.82, 2.24) is 5.32 Å². The van der Waals surface area contributed by atoms with Crippen LogP contribution in [0.2, 0.25) is 0 Å². The van der Waals surface area contributed by atoms with Gasteiger partial charge in [-0.2, -0.15) is 0 Å². The van der Waals surface area contributed by atoms with Gasteiger partial charge in [-0.05, 0) is 30.4 Å². The van der Waals surface area contributed by atoms with E-state index >= 15 is 0 Å². The summed E-state index contributed by atoms with van der Waals surface area (Å²) in [5, 5.41) is 2.98. The van der Waals surface area contributed by atoms with E-state index in [-0.39, 0.29) is 24.1 Å². The summed E-state index contributed by atoms with van der Waals surface area (Å²) < 4.78 is 15.5. The molecular weight excluding hydrogens is 322 g/mol. The van der Waals surface area contributed by atoms with Crippen molar-refractivity contribution in [2.75, 3.05) is 20.8 Å². The smallest absolute Gasteiger partial charge is 0.342 e. The normalized spacial score (nSPS) is 22.8. The number of amides is 1. The van der Waals surface area contributed by atoms with Gasteiger partial charge >= 0.3 is 5.97 Å². The maximum Gasteiger partial charge on any atom is 0.342 e. The highest BCUT2D eigenvalue weighted by molar-refractivity contribution is 5.95. The Hall–Kier alpha value is -2.24. The first-order chi connectivity index (χ1) is 12.0. The Morgan fingerprint density at radius 2 is 1.92 bits per heavy atom. The maximum atomic E-state index is 12.3. The first-order valence-corrected chi connectivity index (χ1v) is 8.65. The van der Waals surface area contributed by atoms with Crippen molar-refractivity contribution in [3.8, 4) is 11.5 Å². The molecule has 6 heteroatoms. The second-order valence-electron chi connectivity index (χ2n) is 6.56. The maximum absolute atomic E-state index is 12.3. The Morgan fingerprint density at radius 3 is 2.60 bits per heavy atom. The zero-order valence-electron chi connectivity index (χ0n) is 15.3. The molecule has 138 valence electrons. The minimum atomic E-state index is -0.615. The van der Waals surface area contributed by atoms with Gasteiger partial charge in [0.1, 0.15) is 5.56 Å². The second kappa shape index (κ2) is 8.74. The molecule has 1 N–H and O–H groups in total. The summed E-state index contributed by atoms with van der Waals surface area (Å²) in [6.07, 6.45) is 3.27. The quantitative estimate of drug-likeness (QED) is 0.800. The standard InChI is InChI=1S/C19H27NO5/c1-12-7-5-9-15(13(12)2)20-17(21)11-25-19(22)14-8-6-10-16(23-3)18(14)24-4/h6,8,10,12-13,15H,5,7,9,11H2,1-4H3,(H,20,21)/t12-,13-,15+/m1/s1. The zero-order chi connectivity index (χ0) is 18.4. The zero-order valence-corrected chi connectivity index (χ0v) is 15.3. The number of methoxy groups -OCH3 is 2. The van der Waals surface area contributed by atoms with E-state index in [9.17, 15) is 9.59 Å². The van der Waals surface area contributed by atoms with Crippen molar-refractivity contribution >= 4 is 11.9 Å². The molecule has 0 saturated heterocycles. The highest BCUT2D eigenvalue weighted by Gasteiger charge is 2.28. The summed E-state index contributed by atoms with van der Waals surface area (Å²) in [6, 6.07) is 5.07. The van der Waals surface area contributed by atoms with E-state index in [0.29, 0.717) is 23.3 Å². The van der Waals surface area contributed by atoms with Gasteiger partial charge in [-0.25, -0.2) is 4.79 Å². The largest absolute Gasteiger partial charge is 0.493 e. The van der Waals surface area contributed by atoms with Crippen LogP contribution in [0.5, 0.6) is 11.5 Å². The minimum absolute atomic E-state index is 0.140. The average Bonchev–Trinajstić information content (AvgIpc) is 2.62. The summed E-state index contributed by atoms with van der Waals surface area (Å²) in [7, 11) is 2.94. The molecule has 0 aromatic heterocycles. The van der Waals surface area contributed by atoms with Gasteiger partial charge in [-0.3, -0.25) is 4.79 Å². The third kappa shape index (κ3) is 4.65. The summed E-state index contributed by atoms with van der Waals surface area (Å²) in [6.45, 7) is 4.05.